The van der Waals surface area contributed by atoms with Crippen molar-refractivity contribution in [3.63, 3.8) is 0 Å². The molecule has 2 aliphatic rings. The van der Waals surface area contributed by atoms with Crippen LogP contribution in [-0.4, -0.2) is 66.8 Å². The Labute approximate surface area is 141 Å². The largest absolute Gasteiger partial charge is 0.444 e. The number of nitrogens with one attached hydrogen (secondary N) is 1. The third-order valence-corrected chi connectivity index (χ3v) is 4.82. The Morgan fingerprint density at radius 2 is 1.87 bits per heavy atom. The molecule has 1 aliphatic heterocycles. The van der Waals surface area contributed by atoms with Gasteiger partial charge in [0.2, 0.25) is 0 Å². The molecule has 2 rings (SSSR count). The molecule has 134 valence electrons. The third-order valence-electron chi connectivity index (χ3n) is 4.82. The van der Waals surface area contributed by atoms with Gasteiger partial charge in [-0.2, -0.15) is 0 Å². The van der Waals surface area contributed by atoms with E-state index in [0.29, 0.717) is 6.04 Å². The molecule has 2 atom stereocenters. The van der Waals surface area contributed by atoms with Crippen molar-refractivity contribution in [2.24, 2.45) is 5.92 Å². The van der Waals surface area contributed by atoms with Crippen LogP contribution in [0.4, 0.5) is 4.79 Å². The Morgan fingerprint density at radius 3 is 2.48 bits per heavy atom. The van der Waals surface area contributed by atoms with Gasteiger partial charge in [-0.05, 0) is 39.5 Å². The van der Waals surface area contributed by atoms with Crippen molar-refractivity contribution in [3.05, 3.63) is 0 Å². The number of ether oxygens (including phenoxy) is 1. The summed E-state index contributed by atoms with van der Waals surface area (Å²) < 4.78 is 5.44. The van der Waals surface area contributed by atoms with E-state index in [2.05, 4.69) is 17.1 Å². The number of carbonyl (C=O) groups is 1. The van der Waals surface area contributed by atoms with Gasteiger partial charge in [0.1, 0.15) is 5.60 Å². The molecule has 0 bridgehead atoms. The lowest BCUT2D eigenvalue weighted by molar-refractivity contribution is 0.0145. The highest BCUT2D eigenvalue weighted by molar-refractivity contribution is 5.68. The lowest BCUT2D eigenvalue weighted by Crippen LogP contribution is -2.51. The van der Waals surface area contributed by atoms with Crippen molar-refractivity contribution >= 4 is 6.09 Å². The first-order chi connectivity index (χ1) is 10.8. The Bertz CT molecular complexity index is 373. The van der Waals surface area contributed by atoms with Crippen molar-refractivity contribution < 1.29 is 9.53 Å². The van der Waals surface area contributed by atoms with Crippen LogP contribution in [-0.2, 0) is 4.74 Å². The Balaban J connectivity index is 1.60. The van der Waals surface area contributed by atoms with Crippen LogP contribution in [0.2, 0.25) is 0 Å². The van der Waals surface area contributed by atoms with E-state index < -0.39 is 5.60 Å². The zero-order chi connectivity index (χ0) is 16.9. The maximum Gasteiger partial charge on any atom is 0.410 e. The molecule has 23 heavy (non-hydrogen) atoms. The molecular weight excluding hydrogens is 290 g/mol. The maximum atomic E-state index is 12.0. The Hall–Kier alpha value is -0.810. The molecule has 1 amide bonds. The smallest absolute Gasteiger partial charge is 0.410 e. The molecule has 0 radical (unpaired) electrons. The second kappa shape index (κ2) is 8.34. The molecule has 0 aromatic heterocycles. The van der Waals surface area contributed by atoms with Gasteiger partial charge < -0.3 is 15.0 Å². The summed E-state index contributed by atoms with van der Waals surface area (Å²) >= 11 is 0. The minimum absolute atomic E-state index is 0.175. The summed E-state index contributed by atoms with van der Waals surface area (Å²) in [5.41, 5.74) is -0.407. The molecule has 1 saturated heterocycles. The lowest BCUT2D eigenvalue weighted by Gasteiger charge is -2.36. The van der Waals surface area contributed by atoms with Crippen molar-refractivity contribution in [2.45, 2.75) is 65.0 Å². The molecule has 1 N–H and O–H groups in total. The molecule has 2 fully saturated rings. The van der Waals surface area contributed by atoms with Crippen LogP contribution in [0.1, 0.15) is 53.4 Å². The monoisotopic (exact) mass is 325 g/mol. The Morgan fingerprint density at radius 1 is 1.17 bits per heavy atom. The van der Waals surface area contributed by atoms with Crippen LogP contribution in [0.15, 0.2) is 0 Å². The fraction of sp³-hybridized carbons (Fsp3) is 0.944. The first-order valence-electron chi connectivity index (χ1n) is 9.27. The highest BCUT2D eigenvalue weighted by Crippen LogP contribution is 2.23. The first-order valence-corrected chi connectivity index (χ1v) is 9.27. The molecule has 1 aliphatic carbocycles. The van der Waals surface area contributed by atoms with E-state index in [0.717, 1.165) is 45.2 Å². The van der Waals surface area contributed by atoms with Crippen LogP contribution in [0.25, 0.3) is 0 Å². The van der Waals surface area contributed by atoms with Crippen molar-refractivity contribution in [1.29, 1.82) is 0 Å². The number of carbonyl (C=O) groups excluding carboxylic acids is 1. The summed E-state index contributed by atoms with van der Waals surface area (Å²) in [7, 11) is 0. The van der Waals surface area contributed by atoms with Gasteiger partial charge in [0.05, 0.1) is 0 Å². The van der Waals surface area contributed by atoms with Crippen molar-refractivity contribution in [1.82, 2.24) is 15.1 Å². The number of rotatable bonds is 4. The summed E-state index contributed by atoms with van der Waals surface area (Å²) in [6.45, 7) is 13.7. The van der Waals surface area contributed by atoms with Crippen LogP contribution >= 0.6 is 0 Å². The van der Waals surface area contributed by atoms with E-state index in [9.17, 15) is 4.79 Å². The fourth-order valence-electron chi connectivity index (χ4n) is 3.53. The third kappa shape index (κ3) is 6.68. The lowest BCUT2D eigenvalue weighted by atomic mass is 9.87. The average Bonchev–Trinajstić information content (AvgIpc) is 2.46. The highest BCUT2D eigenvalue weighted by Gasteiger charge is 2.25. The van der Waals surface area contributed by atoms with E-state index in [1.807, 2.05) is 25.7 Å². The van der Waals surface area contributed by atoms with Crippen molar-refractivity contribution in [2.75, 3.05) is 39.3 Å². The van der Waals surface area contributed by atoms with Gasteiger partial charge in [0, 0.05) is 45.3 Å². The highest BCUT2D eigenvalue weighted by atomic mass is 16.6. The zero-order valence-electron chi connectivity index (χ0n) is 15.4. The predicted molar refractivity (Wildman–Crippen MR) is 93.7 cm³/mol. The van der Waals surface area contributed by atoms with Gasteiger partial charge in [-0.15, -0.1) is 0 Å². The van der Waals surface area contributed by atoms with Gasteiger partial charge in [0.15, 0.2) is 0 Å². The van der Waals surface area contributed by atoms with E-state index in [1.54, 1.807) is 0 Å². The number of amides is 1. The van der Waals surface area contributed by atoms with Crippen LogP contribution < -0.4 is 5.32 Å². The molecule has 5 nitrogen and oxygen atoms in total. The zero-order valence-corrected chi connectivity index (χ0v) is 15.4. The molecule has 0 spiro atoms. The Kier molecular flexibility index (Phi) is 6.72. The number of piperazine rings is 1. The van der Waals surface area contributed by atoms with Gasteiger partial charge >= 0.3 is 6.09 Å². The van der Waals surface area contributed by atoms with E-state index >= 15 is 0 Å². The van der Waals surface area contributed by atoms with Crippen LogP contribution in [0, 0.1) is 5.92 Å². The molecular formula is C18H35N3O2. The van der Waals surface area contributed by atoms with Crippen LogP contribution in [0.5, 0.6) is 0 Å². The molecule has 2 unspecified atom stereocenters. The number of nitrogens with zero attached hydrogens (tertiary/aromatic N) is 2. The summed E-state index contributed by atoms with van der Waals surface area (Å²) in [4.78, 5) is 16.3. The minimum atomic E-state index is -0.407. The predicted octanol–water partition coefficient (Wildman–Crippen LogP) is 2.71. The summed E-state index contributed by atoms with van der Waals surface area (Å²) in [5, 5.41) is 3.72. The number of hydrogen-bond donors (Lipinski definition) is 1. The second-order valence-electron chi connectivity index (χ2n) is 8.23. The van der Waals surface area contributed by atoms with Crippen molar-refractivity contribution in [3.8, 4) is 0 Å². The maximum absolute atomic E-state index is 12.0. The second-order valence-corrected chi connectivity index (χ2v) is 8.23. The summed E-state index contributed by atoms with van der Waals surface area (Å²) in [6.07, 6.45) is 5.24. The minimum Gasteiger partial charge on any atom is -0.444 e. The van der Waals surface area contributed by atoms with E-state index in [1.165, 1.54) is 25.7 Å². The fourth-order valence-corrected chi connectivity index (χ4v) is 3.53. The molecule has 0 aromatic rings. The first kappa shape index (κ1) is 18.5. The molecule has 1 heterocycles. The number of hydrogen-bond acceptors (Lipinski definition) is 4. The van der Waals surface area contributed by atoms with E-state index in [-0.39, 0.29) is 6.09 Å². The van der Waals surface area contributed by atoms with Gasteiger partial charge in [0.25, 0.3) is 0 Å². The standard InChI is InChI=1S/C18H35N3O2/c1-15-6-5-7-16(14-15)19-8-9-20-10-12-21(13-11-20)17(22)23-18(2,3)4/h15-16,19H,5-14H2,1-4H3. The summed E-state index contributed by atoms with van der Waals surface area (Å²) in [5.74, 6) is 0.874. The van der Waals surface area contributed by atoms with Gasteiger partial charge in [-0.3, -0.25) is 4.90 Å². The topological polar surface area (TPSA) is 44.8 Å². The average molecular weight is 325 g/mol. The van der Waals surface area contributed by atoms with Crippen LogP contribution in [0.3, 0.4) is 0 Å². The van der Waals surface area contributed by atoms with Gasteiger partial charge in [-0.1, -0.05) is 19.8 Å². The quantitative estimate of drug-likeness (QED) is 0.863. The molecule has 1 saturated carbocycles. The van der Waals surface area contributed by atoms with E-state index in [4.69, 9.17) is 4.74 Å². The molecule has 0 aromatic carbocycles. The SMILES string of the molecule is CC1CCCC(NCCN2CCN(C(=O)OC(C)(C)C)CC2)C1. The normalized spacial score (nSPS) is 27.0. The molecule has 5 heteroatoms. The van der Waals surface area contributed by atoms with Gasteiger partial charge in [-0.25, -0.2) is 4.79 Å². The summed E-state index contributed by atoms with van der Waals surface area (Å²) in [6, 6.07) is 0.710.